The van der Waals surface area contributed by atoms with Crippen molar-refractivity contribution >= 4 is 24.2 Å². The van der Waals surface area contributed by atoms with Gasteiger partial charge in [0.1, 0.15) is 0 Å². The summed E-state index contributed by atoms with van der Waals surface area (Å²) < 4.78 is 0. The van der Waals surface area contributed by atoms with Crippen molar-refractivity contribution in [2.75, 3.05) is 52.9 Å². The Kier molecular flexibility index (Phi) is 9.20. The van der Waals surface area contributed by atoms with Crippen LogP contribution in [0.25, 0.3) is 0 Å². The lowest BCUT2D eigenvalue weighted by atomic mass is 10.3. The van der Waals surface area contributed by atoms with Gasteiger partial charge in [-0.05, 0) is 7.05 Å². The average molecular weight is 291 g/mol. The van der Waals surface area contributed by atoms with Crippen LogP contribution in [0.1, 0.15) is 0 Å². The van der Waals surface area contributed by atoms with Gasteiger partial charge in [0.05, 0.1) is 13.1 Å². The molecule has 1 rings (SSSR count). The third kappa shape index (κ3) is 7.15. The van der Waals surface area contributed by atoms with Gasteiger partial charge >= 0.3 is 0 Å². The lowest BCUT2D eigenvalue weighted by Gasteiger charge is -2.29. The third-order valence-electron chi connectivity index (χ3n) is 2.73. The van der Waals surface area contributed by atoms with Gasteiger partial charge in [0, 0.05) is 32.7 Å². The molecule has 19 heavy (non-hydrogen) atoms. The number of piperazine rings is 1. The highest BCUT2D eigenvalue weighted by molar-refractivity contribution is 5.85. The standard InChI is InChI=1S/C12H22N4O2.ClH/c1-3-4-14-11(17)9-15(2)10-12(18)16-7-5-13-6-8-16;/h3,13H,1,4-10H2,2H3,(H,14,17);1H. The SMILES string of the molecule is C=CCNC(=O)CN(C)CC(=O)N1CCNCC1.Cl. The molecule has 1 fully saturated rings. The number of carbonyl (C=O) groups is 2. The number of hydrogen-bond acceptors (Lipinski definition) is 4. The smallest absolute Gasteiger partial charge is 0.236 e. The molecule has 0 spiro atoms. The zero-order valence-corrected chi connectivity index (χ0v) is 12.2. The Balaban J connectivity index is 0.00000324. The van der Waals surface area contributed by atoms with E-state index in [9.17, 15) is 9.59 Å². The monoisotopic (exact) mass is 290 g/mol. The highest BCUT2D eigenvalue weighted by atomic mass is 35.5. The van der Waals surface area contributed by atoms with Crippen molar-refractivity contribution in [3.63, 3.8) is 0 Å². The van der Waals surface area contributed by atoms with Gasteiger partial charge in [0.2, 0.25) is 11.8 Å². The molecule has 0 aromatic rings. The molecule has 0 saturated carbocycles. The Labute approximate surface area is 120 Å². The zero-order chi connectivity index (χ0) is 13.4. The molecular weight excluding hydrogens is 268 g/mol. The molecule has 1 aliphatic heterocycles. The molecular formula is C12H23ClN4O2. The number of amides is 2. The maximum Gasteiger partial charge on any atom is 0.236 e. The number of hydrogen-bond donors (Lipinski definition) is 2. The highest BCUT2D eigenvalue weighted by Crippen LogP contribution is 1.95. The van der Waals surface area contributed by atoms with E-state index in [1.165, 1.54) is 0 Å². The summed E-state index contributed by atoms with van der Waals surface area (Å²) in [5.74, 6) is -0.0129. The molecule has 6 nitrogen and oxygen atoms in total. The molecule has 0 bridgehead atoms. The highest BCUT2D eigenvalue weighted by Gasteiger charge is 2.18. The summed E-state index contributed by atoms with van der Waals surface area (Å²) in [5.41, 5.74) is 0. The fourth-order valence-corrected chi connectivity index (χ4v) is 1.79. The molecule has 0 aromatic heterocycles. The van der Waals surface area contributed by atoms with Crippen LogP contribution in [0.2, 0.25) is 0 Å². The van der Waals surface area contributed by atoms with Crippen LogP contribution in [0.5, 0.6) is 0 Å². The lowest BCUT2D eigenvalue weighted by Crippen LogP contribution is -2.50. The van der Waals surface area contributed by atoms with Crippen molar-refractivity contribution in [3.05, 3.63) is 12.7 Å². The summed E-state index contributed by atoms with van der Waals surface area (Å²) >= 11 is 0. The molecule has 7 heteroatoms. The Morgan fingerprint density at radius 3 is 2.58 bits per heavy atom. The molecule has 0 atom stereocenters. The molecule has 1 saturated heterocycles. The summed E-state index contributed by atoms with van der Waals surface area (Å²) in [4.78, 5) is 26.9. The van der Waals surface area contributed by atoms with Gasteiger partial charge in [0.25, 0.3) is 0 Å². The molecule has 2 N–H and O–H groups in total. The van der Waals surface area contributed by atoms with E-state index in [0.717, 1.165) is 26.2 Å². The van der Waals surface area contributed by atoms with E-state index in [4.69, 9.17) is 0 Å². The first-order valence-corrected chi connectivity index (χ1v) is 6.18. The Hall–Kier alpha value is -1.11. The van der Waals surface area contributed by atoms with Crippen molar-refractivity contribution < 1.29 is 9.59 Å². The van der Waals surface area contributed by atoms with Gasteiger partial charge in [-0.1, -0.05) is 6.08 Å². The molecule has 0 radical (unpaired) electrons. The molecule has 2 amide bonds. The fraction of sp³-hybridized carbons (Fsp3) is 0.667. The maximum atomic E-state index is 11.9. The van der Waals surface area contributed by atoms with Crippen molar-refractivity contribution in [3.8, 4) is 0 Å². The van der Waals surface area contributed by atoms with E-state index in [0.29, 0.717) is 6.54 Å². The first-order valence-electron chi connectivity index (χ1n) is 6.18. The topological polar surface area (TPSA) is 64.7 Å². The minimum absolute atomic E-state index is 0. The predicted molar refractivity (Wildman–Crippen MR) is 77.4 cm³/mol. The van der Waals surface area contributed by atoms with Gasteiger partial charge in [-0.25, -0.2) is 0 Å². The van der Waals surface area contributed by atoms with Crippen LogP contribution in [0.3, 0.4) is 0 Å². The summed E-state index contributed by atoms with van der Waals surface area (Å²) in [5, 5.41) is 5.88. The summed E-state index contributed by atoms with van der Waals surface area (Å²) in [6, 6.07) is 0. The van der Waals surface area contributed by atoms with E-state index in [1.54, 1.807) is 18.0 Å². The van der Waals surface area contributed by atoms with Gasteiger partial charge in [0.15, 0.2) is 0 Å². The Morgan fingerprint density at radius 1 is 1.37 bits per heavy atom. The molecule has 1 aliphatic rings. The van der Waals surface area contributed by atoms with Gasteiger partial charge in [-0.2, -0.15) is 0 Å². The van der Waals surface area contributed by atoms with Crippen LogP contribution < -0.4 is 10.6 Å². The van der Waals surface area contributed by atoms with Crippen molar-refractivity contribution in [1.29, 1.82) is 0 Å². The summed E-state index contributed by atoms with van der Waals surface area (Å²) in [6.07, 6.45) is 1.63. The normalized spacial score (nSPS) is 14.7. The number of rotatable bonds is 6. The van der Waals surface area contributed by atoms with Gasteiger partial charge in [-0.15, -0.1) is 19.0 Å². The second-order valence-corrected chi connectivity index (χ2v) is 4.40. The van der Waals surface area contributed by atoms with Crippen molar-refractivity contribution in [2.45, 2.75) is 0 Å². The number of nitrogens with zero attached hydrogens (tertiary/aromatic N) is 2. The first kappa shape index (κ1) is 17.9. The summed E-state index contributed by atoms with van der Waals surface area (Å²) in [6.45, 7) is 7.67. The fourth-order valence-electron chi connectivity index (χ4n) is 1.79. The van der Waals surface area contributed by atoms with E-state index in [1.807, 2.05) is 4.90 Å². The number of carbonyl (C=O) groups excluding carboxylic acids is 2. The second-order valence-electron chi connectivity index (χ2n) is 4.40. The number of likely N-dealkylation sites (N-methyl/N-ethyl adjacent to an activating group) is 1. The van der Waals surface area contributed by atoms with Crippen LogP contribution in [0, 0.1) is 0 Å². The Morgan fingerprint density at radius 2 is 2.00 bits per heavy atom. The van der Waals surface area contributed by atoms with E-state index < -0.39 is 0 Å². The molecule has 0 aromatic carbocycles. The van der Waals surface area contributed by atoms with Crippen LogP contribution in [0.4, 0.5) is 0 Å². The molecule has 1 heterocycles. The van der Waals surface area contributed by atoms with Crippen LogP contribution in [-0.4, -0.2) is 74.5 Å². The van der Waals surface area contributed by atoms with Gasteiger partial charge < -0.3 is 15.5 Å². The van der Waals surface area contributed by atoms with Crippen LogP contribution >= 0.6 is 12.4 Å². The predicted octanol–water partition coefficient (Wildman–Crippen LogP) is -0.926. The van der Waals surface area contributed by atoms with E-state index in [2.05, 4.69) is 17.2 Å². The summed E-state index contributed by atoms with van der Waals surface area (Å²) in [7, 11) is 1.77. The third-order valence-corrected chi connectivity index (χ3v) is 2.73. The van der Waals surface area contributed by atoms with Crippen molar-refractivity contribution in [1.82, 2.24) is 20.4 Å². The zero-order valence-electron chi connectivity index (χ0n) is 11.4. The first-order chi connectivity index (χ1) is 8.63. The molecule has 0 aliphatic carbocycles. The average Bonchev–Trinajstić information content (AvgIpc) is 2.37. The number of nitrogens with one attached hydrogen (secondary N) is 2. The van der Waals surface area contributed by atoms with Crippen LogP contribution in [0.15, 0.2) is 12.7 Å². The van der Waals surface area contributed by atoms with E-state index >= 15 is 0 Å². The molecule has 0 unspecified atom stereocenters. The minimum Gasteiger partial charge on any atom is -0.352 e. The largest absolute Gasteiger partial charge is 0.352 e. The molecule has 110 valence electrons. The minimum atomic E-state index is -0.0921. The Bertz CT molecular complexity index is 306. The number of halogens is 1. The quantitative estimate of drug-likeness (QED) is 0.621. The maximum absolute atomic E-state index is 11.9. The van der Waals surface area contributed by atoms with Gasteiger partial charge in [-0.3, -0.25) is 14.5 Å². The second kappa shape index (κ2) is 9.77. The van der Waals surface area contributed by atoms with Crippen LogP contribution in [-0.2, 0) is 9.59 Å². The lowest BCUT2D eigenvalue weighted by molar-refractivity contribution is -0.133. The van der Waals surface area contributed by atoms with Crippen molar-refractivity contribution in [2.24, 2.45) is 0 Å². The van der Waals surface area contributed by atoms with E-state index in [-0.39, 0.29) is 37.3 Å².